The minimum absolute atomic E-state index is 0.329. The first-order valence-electron chi connectivity index (χ1n) is 5.15. The van der Waals surface area contributed by atoms with Crippen molar-refractivity contribution >= 4 is 39.2 Å². The van der Waals surface area contributed by atoms with Crippen molar-refractivity contribution in [3.8, 4) is 0 Å². The molecule has 0 atom stereocenters. The summed E-state index contributed by atoms with van der Waals surface area (Å²) in [7, 11) is 0. The Morgan fingerprint density at radius 1 is 1.59 bits per heavy atom. The molecule has 0 aromatic heterocycles. The normalized spacial score (nSPS) is 10.5. The molecule has 0 radical (unpaired) electrons. The quantitative estimate of drug-likeness (QED) is 0.665. The predicted octanol–water partition coefficient (Wildman–Crippen LogP) is 3.63. The molecule has 0 unspecified atom stereocenters. The molecule has 0 heterocycles. The van der Waals surface area contributed by atoms with Gasteiger partial charge in [0, 0.05) is 27.8 Å². The number of carbonyl (C=O) groups excluding carboxylic acids is 1. The maximum Gasteiger partial charge on any atom is 0.330 e. The number of hydrogen-bond acceptors (Lipinski definition) is 3. The highest BCUT2D eigenvalue weighted by molar-refractivity contribution is 9.10. The maximum absolute atomic E-state index is 11.0. The van der Waals surface area contributed by atoms with Gasteiger partial charge in [-0.2, -0.15) is 0 Å². The molecule has 1 rings (SSSR count). The van der Waals surface area contributed by atoms with Gasteiger partial charge in [-0.25, -0.2) is 4.79 Å². The molecule has 0 fully saturated rings. The fourth-order valence-corrected chi connectivity index (χ4v) is 1.97. The Kier molecular flexibility index (Phi) is 6.08. The highest BCUT2D eigenvalue weighted by Gasteiger charge is 1.98. The Labute approximate surface area is 114 Å². The van der Waals surface area contributed by atoms with E-state index in [0.717, 1.165) is 10.2 Å². The van der Waals surface area contributed by atoms with Crippen LogP contribution >= 0.6 is 27.5 Å². The van der Waals surface area contributed by atoms with Crippen LogP contribution in [-0.4, -0.2) is 19.1 Å². The van der Waals surface area contributed by atoms with E-state index in [0.29, 0.717) is 18.2 Å². The average Bonchev–Trinajstić information content (AvgIpc) is 2.27. The standard InChI is InChI=1S/C12H13BrClNO2/c1-2-17-12(16)4-3-7-15-11-6-5-9(14)8-10(11)13/h3-6,8,15H,2,7H2,1H3/b4-3+. The van der Waals surface area contributed by atoms with Crippen LogP contribution in [0.25, 0.3) is 0 Å². The number of rotatable bonds is 5. The fraction of sp³-hybridized carbons (Fsp3) is 0.250. The van der Waals surface area contributed by atoms with E-state index in [4.69, 9.17) is 16.3 Å². The molecule has 0 bridgehead atoms. The van der Waals surface area contributed by atoms with Gasteiger partial charge in [0.1, 0.15) is 0 Å². The number of benzene rings is 1. The summed E-state index contributed by atoms with van der Waals surface area (Å²) in [6.07, 6.45) is 3.11. The Morgan fingerprint density at radius 3 is 3.00 bits per heavy atom. The van der Waals surface area contributed by atoms with Gasteiger partial charge in [0.2, 0.25) is 0 Å². The van der Waals surface area contributed by atoms with E-state index in [9.17, 15) is 4.79 Å². The molecule has 1 N–H and O–H groups in total. The van der Waals surface area contributed by atoms with Crippen molar-refractivity contribution in [2.45, 2.75) is 6.92 Å². The molecule has 0 spiro atoms. The van der Waals surface area contributed by atoms with Gasteiger partial charge in [-0.1, -0.05) is 17.7 Å². The molecule has 0 saturated carbocycles. The molecule has 5 heteroatoms. The highest BCUT2D eigenvalue weighted by atomic mass is 79.9. The lowest BCUT2D eigenvalue weighted by molar-refractivity contribution is -0.137. The van der Waals surface area contributed by atoms with Gasteiger partial charge in [0.25, 0.3) is 0 Å². The van der Waals surface area contributed by atoms with Crippen LogP contribution in [0.2, 0.25) is 5.02 Å². The second-order valence-corrected chi connectivity index (χ2v) is 4.45. The molecule has 0 amide bonds. The number of esters is 1. The van der Waals surface area contributed by atoms with Crippen LogP contribution < -0.4 is 5.32 Å². The molecule has 0 aliphatic heterocycles. The monoisotopic (exact) mass is 317 g/mol. The largest absolute Gasteiger partial charge is 0.463 e. The van der Waals surface area contributed by atoms with Crippen LogP contribution in [0.1, 0.15) is 6.92 Å². The third-order valence-corrected chi connectivity index (χ3v) is 2.77. The van der Waals surface area contributed by atoms with E-state index >= 15 is 0 Å². The van der Waals surface area contributed by atoms with Crippen molar-refractivity contribution in [1.82, 2.24) is 0 Å². The summed E-state index contributed by atoms with van der Waals surface area (Å²) < 4.78 is 5.64. The lowest BCUT2D eigenvalue weighted by atomic mass is 10.3. The predicted molar refractivity (Wildman–Crippen MR) is 73.4 cm³/mol. The molecule has 0 aliphatic carbocycles. The summed E-state index contributed by atoms with van der Waals surface area (Å²) in [5, 5.41) is 3.81. The van der Waals surface area contributed by atoms with E-state index in [1.807, 2.05) is 6.07 Å². The van der Waals surface area contributed by atoms with Crippen molar-refractivity contribution in [2.24, 2.45) is 0 Å². The van der Waals surface area contributed by atoms with Crippen molar-refractivity contribution in [2.75, 3.05) is 18.5 Å². The third-order valence-electron chi connectivity index (χ3n) is 1.88. The molecule has 17 heavy (non-hydrogen) atoms. The number of nitrogens with one attached hydrogen (secondary N) is 1. The zero-order chi connectivity index (χ0) is 12.7. The number of carbonyl (C=O) groups is 1. The van der Waals surface area contributed by atoms with Crippen molar-refractivity contribution < 1.29 is 9.53 Å². The molecule has 0 saturated heterocycles. The molecular formula is C12H13BrClNO2. The van der Waals surface area contributed by atoms with Crippen LogP contribution in [0.3, 0.4) is 0 Å². The first-order chi connectivity index (χ1) is 8.13. The van der Waals surface area contributed by atoms with E-state index < -0.39 is 0 Å². The maximum atomic E-state index is 11.0. The molecule has 3 nitrogen and oxygen atoms in total. The van der Waals surface area contributed by atoms with Gasteiger partial charge in [-0.15, -0.1) is 0 Å². The van der Waals surface area contributed by atoms with E-state index in [-0.39, 0.29) is 5.97 Å². The van der Waals surface area contributed by atoms with Gasteiger partial charge in [0.05, 0.1) is 6.61 Å². The second kappa shape index (κ2) is 7.35. The van der Waals surface area contributed by atoms with Gasteiger partial charge >= 0.3 is 5.97 Å². The van der Waals surface area contributed by atoms with Gasteiger partial charge in [-0.05, 0) is 41.1 Å². The van der Waals surface area contributed by atoms with E-state index in [1.54, 1.807) is 25.1 Å². The van der Waals surface area contributed by atoms with E-state index in [2.05, 4.69) is 21.2 Å². The zero-order valence-electron chi connectivity index (χ0n) is 9.37. The Hall–Kier alpha value is -1.000. The summed E-state index contributed by atoms with van der Waals surface area (Å²) in [5.74, 6) is -0.329. The van der Waals surface area contributed by atoms with Gasteiger partial charge in [0.15, 0.2) is 0 Å². The smallest absolute Gasteiger partial charge is 0.330 e. The van der Waals surface area contributed by atoms with Crippen molar-refractivity contribution in [3.63, 3.8) is 0 Å². The number of anilines is 1. The first kappa shape index (κ1) is 14.1. The lowest BCUT2D eigenvalue weighted by Gasteiger charge is -2.06. The molecule has 92 valence electrons. The van der Waals surface area contributed by atoms with Crippen molar-refractivity contribution in [1.29, 1.82) is 0 Å². The van der Waals surface area contributed by atoms with Gasteiger partial charge < -0.3 is 10.1 Å². The Balaban J connectivity index is 2.43. The topological polar surface area (TPSA) is 38.3 Å². The lowest BCUT2D eigenvalue weighted by Crippen LogP contribution is -2.02. The van der Waals surface area contributed by atoms with Crippen LogP contribution in [0.15, 0.2) is 34.8 Å². The third kappa shape index (κ3) is 5.24. The minimum atomic E-state index is -0.329. The molecular weight excluding hydrogens is 305 g/mol. The first-order valence-corrected chi connectivity index (χ1v) is 6.32. The zero-order valence-corrected chi connectivity index (χ0v) is 11.7. The Morgan fingerprint density at radius 2 is 2.35 bits per heavy atom. The highest BCUT2D eigenvalue weighted by Crippen LogP contribution is 2.25. The van der Waals surface area contributed by atoms with E-state index in [1.165, 1.54) is 6.08 Å². The summed E-state index contributed by atoms with van der Waals surface area (Å²) in [6.45, 7) is 2.70. The van der Waals surface area contributed by atoms with Crippen LogP contribution in [0.5, 0.6) is 0 Å². The number of hydrogen-bond donors (Lipinski definition) is 1. The number of ether oxygens (including phenoxy) is 1. The molecule has 1 aromatic carbocycles. The van der Waals surface area contributed by atoms with Crippen LogP contribution in [0.4, 0.5) is 5.69 Å². The van der Waals surface area contributed by atoms with Gasteiger partial charge in [-0.3, -0.25) is 0 Å². The minimum Gasteiger partial charge on any atom is -0.463 e. The second-order valence-electron chi connectivity index (χ2n) is 3.16. The summed E-state index contributed by atoms with van der Waals surface area (Å²) in [6, 6.07) is 5.47. The van der Waals surface area contributed by atoms with Crippen LogP contribution in [0, 0.1) is 0 Å². The Bertz CT molecular complexity index is 421. The summed E-state index contributed by atoms with van der Waals surface area (Å²) >= 11 is 9.21. The van der Waals surface area contributed by atoms with Crippen LogP contribution in [-0.2, 0) is 9.53 Å². The fourth-order valence-electron chi connectivity index (χ4n) is 1.15. The van der Waals surface area contributed by atoms with Crippen molar-refractivity contribution in [3.05, 3.63) is 39.8 Å². The molecule has 0 aliphatic rings. The number of halogens is 2. The summed E-state index contributed by atoms with van der Waals surface area (Å²) in [5.41, 5.74) is 0.919. The molecule has 1 aromatic rings. The SMILES string of the molecule is CCOC(=O)/C=C/CNc1ccc(Cl)cc1Br. The summed E-state index contributed by atoms with van der Waals surface area (Å²) in [4.78, 5) is 11.0. The average molecular weight is 319 g/mol.